The summed E-state index contributed by atoms with van der Waals surface area (Å²) in [5.74, 6) is 1.06. The van der Waals surface area contributed by atoms with Crippen LogP contribution in [0.15, 0.2) is 32.6 Å². The number of allylic oxidation sites excluding steroid dienone is 1. The molecule has 6 heteroatoms. The van der Waals surface area contributed by atoms with Gasteiger partial charge in [0.1, 0.15) is 5.84 Å². The zero-order valence-electron chi connectivity index (χ0n) is 13.5. The van der Waals surface area contributed by atoms with E-state index in [9.17, 15) is 5.26 Å². The van der Waals surface area contributed by atoms with Gasteiger partial charge >= 0.3 is 0 Å². The van der Waals surface area contributed by atoms with Crippen molar-refractivity contribution in [3.05, 3.63) is 44.3 Å². The molecule has 2 aromatic heterocycles. The second kappa shape index (κ2) is 6.52. The number of thiophene rings is 2. The maximum absolute atomic E-state index is 9.23. The average Bonchev–Trinajstić information content (AvgIpc) is 3.25. The Balaban J connectivity index is 1.80. The Bertz CT molecular complexity index is 844. The third-order valence-electron chi connectivity index (χ3n) is 4.68. The van der Waals surface area contributed by atoms with E-state index in [2.05, 4.69) is 44.3 Å². The van der Waals surface area contributed by atoms with Gasteiger partial charge in [-0.2, -0.15) is 16.6 Å². The highest BCUT2D eigenvalue weighted by Gasteiger charge is 2.27. The van der Waals surface area contributed by atoms with Crippen molar-refractivity contribution in [3.63, 3.8) is 0 Å². The van der Waals surface area contributed by atoms with E-state index in [4.69, 9.17) is 4.99 Å². The predicted molar refractivity (Wildman–Crippen MR) is 101 cm³/mol. The van der Waals surface area contributed by atoms with Crippen LogP contribution < -0.4 is 0 Å². The normalized spacial score (nSPS) is 19.4. The van der Waals surface area contributed by atoms with Gasteiger partial charge in [0.15, 0.2) is 0 Å². The molecule has 2 aliphatic rings. The smallest absolute Gasteiger partial charge is 0.138 e. The Morgan fingerprint density at radius 1 is 1.08 bits per heavy atom. The monoisotopic (exact) mass is 354 g/mol. The van der Waals surface area contributed by atoms with Crippen molar-refractivity contribution in [1.82, 2.24) is 9.80 Å². The van der Waals surface area contributed by atoms with Crippen LogP contribution in [0, 0.1) is 11.3 Å². The van der Waals surface area contributed by atoms with Crippen LogP contribution in [0.25, 0.3) is 5.57 Å². The van der Waals surface area contributed by atoms with E-state index in [1.807, 2.05) is 0 Å². The summed E-state index contributed by atoms with van der Waals surface area (Å²) >= 11 is 3.32. The Kier molecular flexibility index (Phi) is 4.23. The minimum atomic E-state index is 0.982. The summed E-state index contributed by atoms with van der Waals surface area (Å²) < 4.78 is 0. The van der Waals surface area contributed by atoms with Crippen molar-refractivity contribution in [3.8, 4) is 6.07 Å². The molecule has 2 aliphatic heterocycles. The fourth-order valence-electron chi connectivity index (χ4n) is 3.31. The van der Waals surface area contributed by atoms with Crippen molar-refractivity contribution in [2.24, 2.45) is 4.99 Å². The lowest BCUT2D eigenvalue weighted by molar-refractivity contribution is 0.190. The van der Waals surface area contributed by atoms with Crippen LogP contribution in [0.3, 0.4) is 0 Å². The summed E-state index contributed by atoms with van der Waals surface area (Å²) in [6.45, 7) is 7.47. The summed E-state index contributed by atoms with van der Waals surface area (Å²) in [4.78, 5) is 9.88. The molecule has 0 bridgehead atoms. The van der Waals surface area contributed by atoms with Crippen molar-refractivity contribution in [2.45, 2.75) is 6.92 Å². The summed E-state index contributed by atoms with van der Waals surface area (Å²) in [7, 11) is 0. The number of rotatable bonds is 1. The number of piperazine rings is 1. The molecule has 0 spiro atoms. The van der Waals surface area contributed by atoms with Crippen LogP contribution in [-0.4, -0.2) is 48.4 Å². The number of fused-ring (bicyclic) bond motifs is 2. The van der Waals surface area contributed by atoms with Gasteiger partial charge < -0.3 is 9.80 Å². The highest BCUT2D eigenvalue weighted by atomic mass is 32.1. The zero-order chi connectivity index (χ0) is 16.5. The molecule has 24 heavy (non-hydrogen) atoms. The first-order chi connectivity index (χ1) is 11.8. The summed E-state index contributed by atoms with van der Waals surface area (Å²) in [5, 5.41) is 17.7. The Morgan fingerprint density at radius 2 is 1.79 bits per heavy atom. The lowest BCUT2D eigenvalue weighted by Crippen LogP contribution is -2.48. The molecular weight excluding hydrogens is 336 g/mol. The first-order valence-electron chi connectivity index (χ1n) is 8.11. The number of amidine groups is 1. The van der Waals surface area contributed by atoms with Gasteiger partial charge in [0, 0.05) is 70.7 Å². The third kappa shape index (κ3) is 2.59. The number of aliphatic imine (C=N–C) groups is 1. The second-order valence-electron chi connectivity index (χ2n) is 5.91. The maximum atomic E-state index is 9.23. The van der Waals surface area contributed by atoms with E-state index >= 15 is 0 Å². The second-order valence-corrected chi connectivity index (χ2v) is 7.40. The molecule has 0 unspecified atom stereocenters. The predicted octanol–water partition coefficient (Wildman–Crippen LogP) is 3.79. The maximum Gasteiger partial charge on any atom is 0.138 e. The van der Waals surface area contributed by atoms with E-state index in [1.165, 1.54) is 0 Å². The summed E-state index contributed by atoms with van der Waals surface area (Å²) in [6.07, 6.45) is 1.66. The molecule has 0 amide bonds. The molecule has 0 aliphatic carbocycles. The topological polar surface area (TPSA) is 42.6 Å². The van der Waals surface area contributed by atoms with Crippen LogP contribution in [0.1, 0.15) is 23.6 Å². The molecule has 0 saturated carbocycles. The van der Waals surface area contributed by atoms with Crippen LogP contribution in [0.5, 0.6) is 0 Å². The summed E-state index contributed by atoms with van der Waals surface area (Å²) in [6, 6.07) is 2.21. The minimum Gasteiger partial charge on any atom is -0.353 e. The molecule has 0 radical (unpaired) electrons. The van der Waals surface area contributed by atoms with E-state index < -0.39 is 0 Å². The van der Waals surface area contributed by atoms with Gasteiger partial charge in [-0.05, 0) is 11.9 Å². The number of nitriles is 1. The van der Waals surface area contributed by atoms with Gasteiger partial charge in [-0.15, -0.1) is 11.3 Å². The van der Waals surface area contributed by atoms with E-state index in [0.717, 1.165) is 66.5 Å². The van der Waals surface area contributed by atoms with Gasteiger partial charge in [-0.25, -0.2) is 4.99 Å². The number of likely N-dealkylation sites (N-methyl/N-ethyl adjacent to an activating group) is 1. The molecule has 0 N–H and O–H groups in total. The fourth-order valence-corrected chi connectivity index (χ4v) is 4.90. The highest BCUT2D eigenvalue weighted by molar-refractivity contribution is 7.09. The molecule has 1 fully saturated rings. The molecule has 122 valence electrons. The van der Waals surface area contributed by atoms with Gasteiger partial charge in [-0.1, -0.05) is 6.92 Å². The molecule has 4 rings (SSSR count). The molecule has 2 aromatic rings. The first kappa shape index (κ1) is 15.6. The van der Waals surface area contributed by atoms with E-state index in [0.29, 0.717) is 0 Å². The number of nitrogens with zero attached hydrogens (tertiary/aromatic N) is 4. The van der Waals surface area contributed by atoms with Gasteiger partial charge in [0.2, 0.25) is 0 Å². The largest absolute Gasteiger partial charge is 0.353 e. The highest BCUT2D eigenvalue weighted by Crippen LogP contribution is 2.40. The van der Waals surface area contributed by atoms with Crippen molar-refractivity contribution >= 4 is 39.8 Å². The van der Waals surface area contributed by atoms with Crippen molar-refractivity contribution in [2.75, 3.05) is 32.7 Å². The van der Waals surface area contributed by atoms with Crippen LogP contribution in [0.4, 0.5) is 5.69 Å². The number of hydrogen-bond donors (Lipinski definition) is 0. The molecule has 0 atom stereocenters. The summed E-state index contributed by atoms with van der Waals surface area (Å²) in [5.41, 5.74) is 5.35. The van der Waals surface area contributed by atoms with Crippen molar-refractivity contribution in [1.29, 1.82) is 5.26 Å². The fraction of sp³-hybridized carbons (Fsp3) is 0.333. The van der Waals surface area contributed by atoms with Crippen LogP contribution >= 0.6 is 22.7 Å². The van der Waals surface area contributed by atoms with Crippen LogP contribution in [-0.2, 0) is 0 Å². The van der Waals surface area contributed by atoms with E-state index in [1.54, 1.807) is 28.7 Å². The molecule has 1 saturated heterocycles. The van der Waals surface area contributed by atoms with Gasteiger partial charge in [0.25, 0.3) is 0 Å². The molecule has 4 heterocycles. The van der Waals surface area contributed by atoms with Gasteiger partial charge in [0.05, 0.1) is 11.8 Å². The molecule has 0 aromatic carbocycles. The lowest BCUT2D eigenvalue weighted by Gasteiger charge is -2.36. The van der Waals surface area contributed by atoms with E-state index in [-0.39, 0.29) is 0 Å². The minimum absolute atomic E-state index is 0.982. The SMILES string of the molecule is CCN1CCN(C2=Nc3cscc3/C(=C\C#N)c3cscc32)CC1. The Morgan fingerprint density at radius 3 is 2.54 bits per heavy atom. The van der Waals surface area contributed by atoms with Crippen molar-refractivity contribution < 1.29 is 0 Å². The molecule has 4 nitrogen and oxygen atoms in total. The Hall–Kier alpha value is -1.94. The zero-order valence-corrected chi connectivity index (χ0v) is 15.2. The van der Waals surface area contributed by atoms with Crippen LogP contribution in [0.2, 0.25) is 0 Å². The lowest BCUT2D eigenvalue weighted by atomic mass is 9.99. The quantitative estimate of drug-likeness (QED) is 0.732. The number of hydrogen-bond acceptors (Lipinski definition) is 6. The average molecular weight is 355 g/mol. The first-order valence-corrected chi connectivity index (χ1v) is 9.99. The van der Waals surface area contributed by atoms with Gasteiger partial charge in [-0.3, -0.25) is 0 Å². The standard InChI is InChI=1S/C18H18N4S2/c1-2-21-5-7-22(8-6-21)18-16-11-23-9-14(16)13(3-4-19)15-10-24-12-17(15)20-18/h3,9-12H,2,5-8H2,1H3/b13-3-. The Labute approximate surface area is 150 Å². The molecular formula is C18H18N4S2. The third-order valence-corrected chi connectivity index (χ3v) is 6.15.